The van der Waals surface area contributed by atoms with Gasteiger partial charge in [0, 0.05) is 25.8 Å². The molecule has 0 bridgehead atoms. The van der Waals surface area contributed by atoms with Gasteiger partial charge in [0.05, 0.1) is 0 Å². The molecule has 0 unspecified atom stereocenters. The summed E-state index contributed by atoms with van der Waals surface area (Å²) in [5.74, 6) is 1.77. The fraction of sp³-hybridized carbons (Fsp3) is 0.375. The molecule has 0 aliphatic carbocycles. The van der Waals surface area contributed by atoms with Crippen LogP contribution in [0.25, 0.3) is 0 Å². The fourth-order valence-electron chi connectivity index (χ4n) is 2.52. The summed E-state index contributed by atoms with van der Waals surface area (Å²) in [4.78, 5) is 11.2. The monoisotopic (exact) mass is 268 g/mol. The first-order chi connectivity index (χ1) is 9.92. The van der Waals surface area contributed by atoms with E-state index in [4.69, 9.17) is 0 Å². The SMILES string of the molecule is c1ccc(CCNc2nccc(N3CCCC3)n2)cc1. The number of hydrogen-bond donors (Lipinski definition) is 1. The molecule has 2 heterocycles. The van der Waals surface area contributed by atoms with Gasteiger partial charge in [-0.25, -0.2) is 4.98 Å². The Morgan fingerprint density at radius 1 is 1.05 bits per heavy atom. The Kier molecular flexibility index (Phi) is 4.11. The molecule has 0 saturated carbocycles. The molecular formula is C16H20N4. The third kappa shape index (κ3) is 3.26. The summed E-state index contributed by atoms with van der Waals surface area (Å²) in [6, 6.07) is 12.5. The molecule has 0 spiro atoms. The van der Waals surface area contributed by atoms with Crippen molar-refractivity contribution in [1.82, 2.24) is 9.97 Å². The van der Waals surface area contributed by atoms with Crippen molar-refractivity contribution >= 4 is 11.8 Å². The number of rotatable bonds is 5. The maximum Gasteiger partial charge on any atom is 0.224 e. The van der Waals surface area contributed by atoms with Gasteiger partial charge in [-0.3, -0.25) is 0 Å². The number of benzene rings is 1. The van der Waals surface area contributed by atoms with E-state index in [9.17, 15) is 0 Å². The largest absolute Gasteiger partial charge is 0.356 e. The van der Waals surface area contributed by atoms with E-state index in [1.807, 2.05) is 18.3 Å². The zero-order valence-corrected chi connectivity index (χ0v) is 11.6. The van der Waals surface area contributed by atoms with E-state index in [-0.39, 0.29) is 0 Å². The second-order valence-corrected chi connectivity index (χ2v) is 5.09. The average molecular weight is 268 g/mol. The van der Waals surface area contributed by atoms with E-state index in [2.05, 4.69) is 44.5 Å². The van der Waals surface area contributed by atoms with Crippen LogP contribution in [-0.2, 0) is 6.42 Å². The zero-order chi connectivity index (χ0) is 13.6. The molecule has 0 atom stereocenters. The van der Waals surface area contributed by atoms with Gasteiger partial charge in [0.1, 0.15) is 5.82 Å². The average Bonchev–Trinajstić information content (AvgIpc) is 3.03. The molecular weight excluding hydrogens is 248 g/mol. The van der Waals surface area contributed by atoms with Crippen LogP contribution in [0.5, 0.6) is 0 Å². The second-order valence-electron chi connectivity index (χ2n) is 5.09. The first kappa shape index (κ1) is 12.9. The minimum atomic E-state index is 0.727. The van der Waals surface area contributed by atoms with Gasteiger partial charge in [0.2, 0.25) is 5.95 Å². The van der Waals surface area contributed by atoms with Gasteiger partial charge in [-0.1, -0.05) is 30.3 Å². The predicted molar refractivity (Wildman–Crippen MR) is 82.1 cm³/mol. The number of anilines is 2. The second kappa shape index (κ2) is 6.37. The molecule has 1 saturated heterocycles. The quantitative estimate of drug-likeness (QED) is 0.905. The summed E-state index contributed by atoms with van der Waals surface area (Å²) < 4.78 is 0. The van der Waals surface area contributed by atoms with E-state index in [0.29, 0.717) is 0 Å². The van der Waals surface area contributed by atoms with E-state index >= 15 is 0 Å². The van der Waals surface area contributed by atoms with Crippen LogP contribution in [0.2, 0.25) is 0 Å². The molecule has 1 aromatic heterocycles. The molecule has 1 aromatic carbocycles. The number of hydrogen-bond acceptors (Lipinski definition) is 4. The van der Waals surface area contributed by atoms with Crippen molar-refractivity contribution < 1.29 is 0 Å². The van der Waals surface area contributed by atoms with E-state index in [1.54, 1.807) is 0 Å². The van der Waals surface area contributed by atoms with Crippen molar-refractivity contribution in [2.75, 3.05) is 29.9 Å². The highest BCUT2D eigenvalue weighted by Gasteiger charge is 2.13. The van der Waals surface area contributed by atoms with Crippen LogP contribution in [-0.4, -0.2) is 29.6 Å². The van der Waals surface area contributed by atoms with Crippen LogP contribution in [0, 0.1) is 0 Å². The van der Waals surface area contributed by atoms with E-state index < -0.39 is 0 Å². The normalized spacial score (nSPS) is 14.5. The molecule has 3 rings (SSSR count). The molecule has 2 aromatic rings. The Balaban J connectivity index is 1.56. The zero-order valence-electron chi connectivity index (χ0n) is 11.6. The van der Waals surface area contributed by atoms with E-state index in [1.165, 1.54) is 18.4 Å². The molecule has 4 heteroatoms. The summed E-state index contributed by atoms with van der Waals surface area (Å²) in [6.07, 6.45) is 5.35. The van der Waals surface area contributed by atoms with Gasteiger partial charge in [0.15, 0.2) is 0 Å². The Labute approximate surface area is 119 Å². The van der Waals surface area contributed by atoms with Crippen LogP contribution in [0.15, 0.2) is 42.6 Å². The Morgan fingerprint density at radius 3 is 2.65 bits per heavy atom. The van der Waals surface area contributed by atoms with Crippen LogP contribution < -0.4 is 10.2 Å². The summed E-state index contributed by atoms with van der Waals surface area (Å²) in [7, 11) is 0. The first-order valence-electron chi connectivity index (χ1n) is 7.27. The highest BCUT2D eigenvalue weighted by atomic mass is 15.2. The van der Waals surface area contributed by atoms with Crippen LogP contribution in [0.3, 0.4) is 0 Å². The van der Waals surface area contributed by atoms with Gasteiger partial charge in [0.25, 0.3) is 0 Å². The first-order valence-corrected chi connectivity index (χ1v) is 7.27. The third-order valence-electron chi connectivity index (χ3n) is 3.61. The Hall–Kier alpha value is -2.10. The predicted octanol–water partition coefficient (Wildman–Crippen LogP) is 2.73. The van der Waals surface area contributed by atoms with Gasteiger partial charge >= 0.3 is 0 Å². The number of aromatic nitrogens is 2. The summed E-state index contributed by atoms with van der Waals surface area (Å²) in [6.45, 7) is 3.08. The minimum Gasteiger partial charge on any atom is -0.356 e. The third-order valence-corrected chi connectivity index (χ3v) is 3.61. The smallest absolute Gasteiger partial charge is 0.224 e. The van der Waals surface area contributed by atoms with E-state index in [0.717, 1.165) is 37.8 Å². The lowest BCUT2D eigenvalue weighted by Crippen LogP contribution is -2.20. The van der Waals surface area contributed by atoms with Crippen LogP contribution >= 0.6 is 0 Å². The highest BCUT2D eigenvalue weighted by molar-refractivity contribution is 5.43. The summed E-state index contributed by atoms with van der Waals surface area (Å²) in [5.41, 5.74) is 1.33. The lowest BCUT2D eigenvalue weighted by molar-refractivity contribution is 0.917. The molecule has 1 aliphatic rings. The summed E-state index contributed by atoms with van der Waals surface area (Å²) in [5, 5.41) is 3.31. The van der Waals surface area contributed by atoms with Gasteiger partial charge in [-0.15, -0.1) is 0 Å². The van der Waals surface area contributed by atoms with Crippen molar-refractivity contribution in [3.8, 4) is 0 Å². The molecule has 4 nitrogen and oxygen atoms in total. The maximum absolute atomic E-state index is 4.59. The molecule has 0 radical (unpaired) electrons. The molecule has 1 N–H and O–H groups in total. The molecule has 20 heavy (non-hydrogen) atoms. The maximum atomic E-state index is 4.59. The Bertz CT molecular complexity index is 535. The lowest BCUT2D eigenvalue weighted by Gasteiger charge is -2.16. The van der Waals surface area contributed by atoms with Gasteiger partial charge in [-0.2, -0.15) is 4.98 Å². The van der Waals surface area contributed by atoms with Gasteiger partial charge < -0.3 is 10.2 Å². The minimum absolute atomic E-state index is 0.727. The lowest BCUT2D eigenvalue weighted by atomic mass is 10.1. The highest BCUT2D eigenvalue weighted by Crippen LogP contribution is 2.18. The number of nitrogens with one attached hydrogen (secondary N) is 1. The van der Waals surface area contributed by atoms with Crippen molar-refractivity contribution in [3.63, 3.8) is 0 Å². The van der Waals surface area contributed by atoms with Crippen molar-refractivity contribution in [3.05, 3.63) is 48.2 Å². The number of nitrogens with zero attached hydrogens (tertiary/aromatic N) is 3. The van der Waals surface area contributed by atoms with Gasteiger partial charge in [-0.05, 0) is 30.9 Å². The van der Waals surface area contributed by atoms with Crippen molar-refractivity contribution in [2.45, 2.75) is 19.3 Å². The molecule has 1 aliphatic heterocycles. The fourth-order valence-corrected chi connectivity index (χ4v) is 2.52. The summed E-state index contributed by atoms with van der Waals surface area (Å²) >= 11 is 0. The van der Waals surface area contributed by atoms with Crippen molar-refractivity contribution in [2.24, 2.45) is 0 Å². The molecule has 1 fully saturated rings. The topological polar surface area (TPSA) is 41.1 Å². The molecule has 0 amide bonds. The Morgan fingerprint density at radius 2 is 1.85 bits per heavy atom. The standard InChI is InChI=1S/C16H20N4/c1-2-6-14(7-3-1)8-10-17-16-18-11-9-15(19-16)20-12-4-5-13-20/h1-3,6-7,9,11H,4-5,8,10,12-13H2,(H,17,18,19). The van der Waals surface area contributed by atoms with Crippen LogP contribution in [0.4, 0.5) is 11.8 Å². The van der Waals surface area contributed by atoms with Crippen LogP contribution in [0.1, 0.15) is 18.4 Å². The van der Waals surface area contributed by atoms with Crippen molar-refractivity contribution in [1.29, 1.82) is 0 Å². The molecule has 104 valence electrons.